The zero-order valence-corrected chi connectivity index (χ0v) is 5.01. The van der Waals surface area contributed by atoms with Gasteiger partial charge in [0, 0.05) is 6.08 Å². The molecule has 0 bridgehead atoms. The van der Waals surface area contributed by atoms with Crippen LogP contribution in [0.15, 0.2) is 22.0 Å². The smallest absolute Gasteiger partial charge is 0.217 e. The molecule has 0 saturated carbocycles. The van der Waals surface area contributed by atoms with Crippen molar-refractivity contribution < 1.29 is 8.78 Å². The lowest BCUT2D eigenvalue weighted by Crippen LogP contribution is -2.06. The quantitative estimate of drug-likeness (QED) is 0.399. The highest BCUT2D eigenvalue weighted by atomic mass is 19.1. The van der Waals surface area contributed by atoms with E-state index in [0.29, 0.717) is 6.08 Å². The van der Waals surface area contributed by atoms with Crippen LogP contribution in [0, 0.1) is 0 Å². The number of rotatable bonds is 0. The maximum atomic E-state index is 12.3. The molecule has 0 amide bonds. The first-order valence-corrected chi connectivity index (χ1v) is 2.59. The average Bonchev–Trinajstić information content (AvgIpc) is 1.85. The van der Waals surface area contributed by atoms with E-state index in [-0.39, 0.29) is 12.3 Å². The maximum Gasteiger partial charge on any atom is 0.217 e. The van der Waals surface area contributed by atoms with Gasteiger partial charge >= 0.3 is 0 Å². The Balaban J connectivity index is 2.87. The van der Waals surface area contributed by atoms with Crippen molar-refractivity contribution in [2.75, 3.05) is 0 Å². The van der Waals surface area contributed by atoms with Gasteiger partial charge in [-0.3, -0.25) is 0 Å². The second-order valence-electron chi connectivity index (χ2n) is 1.75. The fourth-order valence-electron chi connectivity index (χ4n) is 0.601. The first kappa shape index (κ1) is 6.85. The summed E-state index contributed by atoms with van der Waals surface area (Å²) < 4.78 is 24.4. The number of nitrogens with zero attached hydrogens (tertiary/aromatic N) is 2. The number of dihydropyridines is 1. The molecular weight excluding hydrogens is 140 g/mol. The van der Waals surface area contributed by atoms with Gasteiger partial charge in [-0.15, -0.1) is 0 Å². The zero-order valence-electron chi connectivity index (χ0n) is 5.01. The second kappa shape index (κ2) is 2.55. The summed E-state index contributed by atoms with van der Waals surface area (Å²) in [6, 6.07) is 0. The van der Waals surface area contributed by atoms with Crippen LogP contribution in [0.5, 0.6) is 0 Å². The minimum absolute atomic E-state index is 0.0301. The van der Waals surface area contributed by atoms with Gasteiger partial charge in [-0.2, -0.15) is 9.49 Å². The van der Waals surface area contributed by atoms with E-state index in [0.717, 1.165) is 0 Å². The van der Waals surface area contributed by atoms with Crippen LogP contribution in [0.25, 0.3) is 0 Å². The van der Waals surface area contributed by atoms with Crippen LogP contribution < -0.4 is 5.84 Å². The Morgan fingerprint density at radius 3 is 2.80 bits per heavy atom. The standard InChI is InChI=1S/C5H5F2N3/c6-3-1-4(7)9-5(2-3)10-8/h1H,2,8H2/b10-5-. The molecule has 10 heavy (non-hydrogen) atoms. The molecule has 3 nitrogen and oxygen atoms in total. The molecule has 5 heteroatoms. The SMILES string of the molecule is N/N=C1/CC(F)=CC(F)=N1. The molecule has 0 radical (unpaired) electrons. The Morgan fingerprint density at radius 1 is 1.60 bits per heavy atom. The van der Waals surface area contributed by atoms with Gasteiger partial charge in [0.25, 0.3) is 0 Å². The first-order chi connectivity index (χ1) is 4.72. The van der Waals surface area contributed by atoms with E-state index in [1.54, 1.807) is 0 Å². The summed E-state index contributed by atoms with van der Waals surface area (Å²) in [5, 5.41) is 3.06. The maximum absolute atomic E-state index is 12.3. The molecule has 0 aliphatic carbocycles. The van der Waals surface area contributed by atoms with E-state index >= 15 is 0 Å². The van der Waals surface area contributed by atoms with E-state index in [9.17, 15) is 8.78 Å². The molecule has 1 rings (SSSR count). The minimum Gasteiger partial charge on any atom is -0.322 e. The Hall–Kier alpha value is -1.26. The molecule has 0 aromatic rings. The average molecular weight is 145 g/mol. The summed E-state index contributed by atoms with van der Waals surface area (Å²) in [5.74, 6) is 3.21. The van der Waals surface area contributed by atoms with Gasteiger partial charge in [0.15, 0.2) is 5.84 Å². The molecule has 0 saturated heterocycles. The van der Waals surface area contributed by atoms with E-state index in [1.165, 1.54) is 0 Å². The molecule has 2 N–H and O–H groups in total. The highest BCUT2D eigenvalue weighted by Crippen LogP contribution is 2.11. The van der Waals surface area contributed by atoms with Crippen molar-refractivity contribution >= 4 is 11.8 Å². The number of aliphatic imine (C=N–C) groups is 1. The van der Waals surface area contributed by atoms with Crippen molar-refractivity contribution in [3.05, 3.63) is 11.9 Å². The third-order valence-corrected chi connectivity index (χ3v) is 0.988. The molecule has 1 heterocycles. The van der Waals surface area contributed by atoms with Gasteiger partial charge in [0.05, 0.1) is 6.42 Å². The van der Waals surface area contributed by atoms with Gasteiger partial charge in [-0.25, -0.2) is 9.38 Å². The molecule has 1 aliphatic rings. The van der Waals surface area contributed by atoms with Crippen molar-refractivity contribution in [2.45, 2.75) is 6.42 Å². The molecule has 0 aromatic heterocycles. The third-order valence-electron chi connectivity index (χ3n) is 0.988. The predicted octanol–water partition coefficient (Wildman–Crippen LogP) is 0.884. The van der Waals surface area contributed by atoms with Gasteiger partial charge in [0.2, 0.25) is 5.97 Å². The number of hydrogen-bond acceptors (Lipinski definition) is 2. The fourth-order valence-corrected chi connectivity index (χ4v) is 0.601. The van der Waals surface area contributed by atoms with Crippen molar-refractivity contribution in [2.24, 2.45) is 15.9 Å². The van der Waals surface area contributed by atoms with E-state index in [4.69, 9.17) is 5.84 Å². The Labute approximate surface area is 55.9 Å². The number of allylic oxidation sites excluding steroid dienone is 1. The number of halogens is 2. The summed E-state index contributed by atoms with van der Waals surface area (Å²) in [6.45, 7) is 0. The molecule has 0 aromatic carbocycles. The normalized spacial score (nSPS) is 22.4. The number of nitrogens with two attached hydrogens (primary N) is 1. The van der Waals surface area contributed by atoms with Crippen LogP contribution in [-0.4, -0.2) is 11.8 Å². The van der Waals surface area contributed by atoms with Crippen LogP contribution in [0.3, 0.4) is 0 Å². The summed E-state index contributed by atoms with van der Waals surface area (Å²) in [4.78, 5) is 3.21. The molecular formula is C5H5F2N3. The summed E-state index contributed by atoms with van der Waals surface area (Å²) in [7, 11) is 0. The first-order valence-electron chi connectivity index (χ1n) is 2.59. The van der Waals surface area contributed by atoms with Crippen molar-refractivity contribution in [3.63, 3.8) is 0 Å². The van der Waals surface area contributed by atoms with Crippen LogP contribution in [0.2, 0.25) is 0 Å². The minimum atomic E-state index is -0.895. The van der Waals surface area contributed by atoms with Gasteiger partial charge in [0.1, 0.15) is 5.83 Å². The lowest BCUT2D eigenvalue weighted by Gasteiger charge is -2.01. The van der Waals surface area contributed by atoms with Gasteiger partial charge in [-0.1, -0.05) is 0 Å². The second-order valence-corrected chi connectivity index (χ2v) is 1.75. The Kier molecular flexibility index (Phi) is 1.75. The van der Waals surface area contributed by atoms with Crippen LogP contribution in [0.4, 0.5) is 8.78 Å². The Morgan fingerprint density at radius 2 is 2.30 bits per heavy atom. The number of hydrogen-bond donors (Lipinski definition) is 1. The van der Waals surface area contributed by atoms with Crippen LogP contribution in [0.1, 0.15) is 6.42 Å². The van der Waals surface area contributed by atoms with E-state index < -0.39 is 11.8 Å². The largest absolute Gasteiger partial charge is 0.322 e. The van der Waals surface area contributed by atoms with Crippen molar-refractivity contribution in [3.8, 4) is 0 Å². The van der Waals surface area contributed by atoms with Crippen molar-refractivity contribution in [1.29, 1.82) is 0 Å². The van der Waals surface area contributed by atoms with E-state index in [2.05, 4.69) is 10.1 Å². The number of amidine groups is 1. The molecule has 0 fully saturated rings. The lowest BCUT2D eigenvalue weighted by molar-refractivity contribution is 0.618. The molecule has 0 spiro atoms. The molecule has 1 aliphatic heterocycles. The zero-order chi connectivity index (χ0) is 7.56. The highest BCUT2D eigenvalue weighted by molar-refractivity contribution is 6.02. The predicted molar refractivity (Wildman–Crippen MR) is 34.0 cm³/mol. The topological polar surface area (TPSA) is 50.7 Å². The van der Waals surface area contributed by atoms with Gasteiger partial charge < -0.3 is 5.84 Å². The Bertz CT molecular complexity index is 229. The third kappa shape index (κ3) is 1.37. The molecule has 0 unspecified atom stereocenters. The highest BCUT2D eigenvalue weighted by Gasteiger charge is 2.10. The molecule has 0 atom stereocenters. The van der Waals surface area contributed by atoms with Crippen LogP contribution in [-0.2, 0) is 0 Å². The molecule has 54 valence electrons. The van der Waals surface area contributed by atoms with Crippen molar-refractivity contribution in [1.82, 2.24) is 0 Å². The van der Waals surface area contributed by atoms with Gasteiger partial charge in [-0.05, 0) is 0 Å². The fraction of sp³-hybridized carbons (Fsp3) is 0.200. The lowest BCUT2D eigenvalue weighted by atomic mass is 10.3. The monoisotopic (exact) mass is 145 g/mol. The summed E-state index contributed by atoms with van der Waals surface area (Å²) >= 11 is 0. The summed E-state index contributed by atoms with van der Waals surface area (Å²) in [6.07, 6.45) is 0.582. The summed E-state index contributed by atoms with van der Waals surface area (Å²) in [5.41, 5.74) is 0. The van der Waals surface area contributed by atoms with E-state index in [1.807, 2.05) is 0 Å². The number of hydrazone groups is 1. The van der Waals surface area contributed by atoms with Crippen LogP contribution >= 0.6 is 0 Å².